The maximum Gasteiger partial charge on any atom is 0.271 e. The summed E-state index contributed by atoms with van der Waals surface area (Å²) in [4.78, 5) is 32.2. The quantitative estimate of drug-likeness (QED) is 0.335. The number of amides is 1. The van der Waals surface area contributed by atoms with Gasteiger partial charge in [-0.05, 0) is 29.9 Å². The van der Waals surface area contributed by atoms with Crippen molar-refractivity contribution >= 4 is 58.0 Å². The summed E-state index contributed by atoms with van der Waals surface area (Å²) in [5.41, 5.74) is 0.481. The van der Waals surface area contributed by atoms with Crippen molar-refractivity contribution in [3.8, 4) is 0 Å². The third-order valence-electron chi connectivity index (χ3n) is 3.16. The molecule has 0 aromatic heterocycles. The van der Waals surface area contributed by atoms with Gasteiger partial charge in [0.05, 0.1) is 20.6 Å². The van der Waals surface area contributed by atoms with E-state index >= 15 is 0 Å². The molecule has 0 aliphatic carbocycles. The molecule has 27 heavy (non-hydrogen) atoms. The highest BCUT2D eigenvalue weighted by molar-refractivity contribution is 7.80. The molecule has 1 amide bonds. The van der Waals surface area contributed by atoms with Crippen LogP contribution < -0.4 is 10.6 Å². The molecule has 0 aliphatic heterocycles. The van der Waals surface area contributed by atoms with Gasteiger partial charge in [0.25, 0.3) is 11.4 Å². The fourth-order valence-corrected chi connectivity index (χ4v) is 2.37. The summed E-state index contributed by atoms with van der Waals surface area (Å²) in [7, 11) is 0. The molecule has 2 N–H and O–H groups in total. The zero-order valence-corrected chi connectivity index (χ0v) is 15.0. The van der Waals surface area contributed by atoms with Gasteiger partial charge in [0.15, 0.2) is 5.11 Å². The number of nitro groups is 2. The van der Waals surface area contributed by atoms with Gasteiger partial charge in [0, 0.05) is 30.3 Å². The predicted molar refractivity (Wildman–Crippen MR) is 105 cm³/mol. The lowest BCUT2D eigenvalue weighted by atomic mass is 10.2. The minimum atomic E-state index is -0.589. The van der Waals surface area contributed by atoms with Crippen molar-refractivity contribution in [1.29, 1.82) is 0 Å². The van der Waals surface area contributed by atoms with Crippen molar-refractivity contribution in [3.63, 3.8) is 0 Å². The van der Waals surface area contributed by atoms with E-state index in [4.69, 9.17) is 23.8 Å². The third kappa shape index (κ3) is 5.83. The molecule has 0 unspecified atom stereocenters. The number of nitrogens with zero attached hydrogens (tertiary/aromatic N) is 2. The topological polar surface area (TPSA) is 127 Å². The van der Waals surface area contributed by atoms with Crippen LogP contribution in [0.2, 0.25) is 5.02 Å². The molecule has 138 valence electrons. The largest absolute Gasteiger partial charge is 0.331 e. The number of nitro benzene ring substituents is 2. The Morgan fingerprint density at radius 1 is 1.07 bits per heavy atom. The SMILES string of the molecule is O=C(/C=C/c1cccc([N+](=O)[O-])c1)NC(=S)Nc1ccc([N+](=O)[O-])cc1Cl. The van der Waals surface area contributed by atoms with Gasteiger partial charge >= 0.3 is 0 Å². The zero-order chi connectivity index (χ0) is 20.0. The Bertz CT molecular complexity index is 964. The number of nitrogens with one attached hydrogen (secondary N) is 2. The van der Waals surface area contributed by atoms with Crippen LogP contribution in [0.1, 0.15) is 5.56 Å². The van der Waals surface area contributed by atoms with E-state index in [2.05, 4.69) is 10.6 Å². The van der Waals surface area contributed by atoms with E-state index < -0.39 is 15.8 Å². The molecular formula is C16H11ClN4O5S. The average Bonchev–Trinajstić information content (AvgIpc) is 2.61. The second kappa shape index (κ2) is 8.83. The lowest BCUT2D eigenvalue weighted by Gasteiger charge is -2.09. The van der Waals surface area contributed by atoms with Crippen LogP contribution >= 0.6 is 23.8 Å². The fourth-order valence-electron chi connectivity index (χ4n) is 1.94. The summed E-state index contributed by atoms with van der Waals surface area (Å²) in [5, 5.41) is 26.4. The summed E-state index contributed by atoms with van der Waals surface area (Å²) >= 11 is 10.9. The van der Waals surface area contributed by atoms with E-state index in [-0.39, 0.29) is 27.2 Å². The molecule has 0 heterocycles. The van der Waals surface area contributed by atoms with Crippen molar-refractivity contribution in [2.45, 2.75) is 0 Å². The second-order valence-electron chi connectivity index (χ2n) is 5.05. The molecule has 0 fully saturated rings. The van der Waals surface area contributed by atoms with Gasteiger partial charge in [-0.15, -0.1) is 0 Å². The summed E-state index contributed by atoms with van der Waals surface area (Å²) in [6, 6.07) is 9.50. The summed E-state index contributed by atoms with van der Waals surface area (Å²) in [6.07, 6.45) is 2.55. The van der Waals surface area contributed by atoms with Gasteiger partial charge in [-0.1, -0.05) is 23.7 Å². The van der Waals surface area contributed by atoms with Crippen molar-refractivity contribution in [2.24, 2.45) is 0 Å². The molecule has 0 saturated carbocycles. The Hall–Kier alpha value is -3.37. The van der Waals surface area contributed by atoms with E-state index in [1.165, 1.54) is 36.4 Å². The van der Waals surface area contributed by atoms with Crippen LogP contribution in [-0.4, -0.2) is 20.9 Å². The number of thiocarbonyl (C=S) groups is 1. The van der Waals surface area contributed by atoms with Crippen LogP contribution in [0.4, 0.5) is 17.1 Å². The number of anilines is 1. The van der Waals surface area contributed by atoms with E-state index in [1.807, 2.05) is 0 Å². The van der Waals surface area contributed by atoms with Crippen molar-refractivity contribution in [2.75, 3.05) is 5.32 Å². The van der Waals surface area contributed by atoms with Gasteiger partial charge in [-0.2, -0.15) is 0 Å². The second-order valence-corrected chi connectivity index (χ2v) is 5.87. The first-order valence-corrected chi connectivity index (χ1v) is 8.03. The first-order chi connectivity index (χ1) is 12.8. The molecule has 0 aliphatic rings. The van der Waals surface area contributed by atoms with Crippen molar-refractivity contribution in [3.05, 3.63) is 79.4 Å². The molecule has 11 heteroatoms. The number of carbonyl (C=O) groups is 1. The summed E-state index contributed by atoms with van der Waals surface area (Å²) in [6.45, 7) is 0. The van der Waals surface area contributed by atoms with Crippen LogP contribution in [0.5, 0.6) is 0 Å². The Balaban J connectivity index is 1.97. The van der Waals surface area contributed by atoms with Crippen LogP contribution in [-0.2, 0) is 4.79 Å². The number of hydrogen-bond acceptors (Lipinski definition) is 6. The Morgan fingerprint density at radius 2 is 1.74 bits per heavy atom. The maximum atomic E-state index is 11.9. The summed E-state index contributed by atoms with van der Waals surface area (Å²) in [5.74, 6) is -0.572. The number of benzene rings is 2. The molecule has 2 aromatic carbocycles. The highest BCUT2D eigenvalue weighted by atomic mass is 35.5. The number of carbonyl (C=O) groups excluding carboxylic acids is 1. The number of non-ortho nitro benzene ring substituents is 2. The van der Waals surface area contributed by atoms with Gasteiger partial charge < -0.3 is 5.32 Å². The monoisotopic (exact) mass is 406 g/mol. The average molecular weight is 407 g/mol. The first-order valence-electron chi connectivity index (χ1n) is 7.24. The molecular weight excluding hydrogens is 396 g/mol. The van der Waals surface area contributed by atoms with Crippen LogP contribution in [0, 0.1) is 20.2 Å². The Labute approximate surface area is 162 Å². The van der Waals surface area contributed by atoms with E-state index in [0.717, 1.165) is 12.1 Å². The van der Waals surface area contributed by atoms with Crippen LogP contribution in [0.15, 0.2) is 48.5 Å². The highest BCUT2D eigenvalue weighted by Gasteiger charge is 2.11. The lowest BCUT2D eigenvalue weighted by molar-refractivity contribution is -0.385. The normalized spacial score (nSPS) is 10.4. The van der Waals surface area contributed by atoms with Gasteiger partial charge in [0.2, 0.25) is 5.91 Å². The molecule has 2 rings (SSSR count). The maximum absolute atomic E-state index is 11.9. The molecule has 0 spiro atoms. The fraction of sp³-hybridized carbons (Fsp3) is 0. The molecule has 0 saturated heterocycles. The van der Waals surface area contributed by atoms with Crippen molar-refractivity contribution in [1.82, 2.24) is 5.32 Å². The first kappa shape index (κ1) is 19.9. The van der Waals surface area contributed by atoms with Crippen LogP contribution in [0.3, 0.4) is 0 Å². The number of halogens is 1. The standard InChI is InChI=1S/C16H11ClN4O5S/c17-13-9-12(21(25)26)5-6-14(13)18-16(27)19-15(22)7-4-10-2-1-3-11(8-10)20(23)24/h1-9H,(H2,18,19,22,27)/b7-4+. The van der Waals surface area contributed by atoms with Crippen LogP contribution in [0.25, 0.3) is 6.08 Å². The lowest BCUT2D eigenvalue weighted by Crippen LogP contribution is -2.32. The van der Waals surface area contributed by atoms with E-state index in [1.54, 1.807) is 6.07 Å². The molecule has 2 aromatic rings. The van der Waals surface area contributed by atoms with Crippen molar-refractivity contribution < 1.29 is 14.6 Å². The van der Waals surface area contributed by atoms with E-state index in [9.17, 15) is 25.0 Å². The Kier molecular flexibility index (Phi) is 6.52. The minimum absolute atomic E-state index is 0.0629. The van der Waals surface area contributed by atoms with Gasteiger partial charge in [0.1, 0.15) is 0 Å². The van der Waals surface area contributed by atoms with Gasteiger partial charge in [-0.3, -0.25) is 30.3 Å². The molecule has 0 atom stereocenters. The Morgan fingerprint density at radius 3 is 2.37 bits per heavy atom. The number of hydrogen-bond donors (Lipinski definition) is 2. The molecule has 0 bridgehead atoms. The summed E-state index contributed by atoms with van der Waals surface area (Å²) < 4.78 is 0. The third-order valence-corrected chi connectivity index (χ3v) is 3.67. The number of rotatable bonds is 5. The highest BCUT2D eigenvalue weighted by Crippen LogP contribution is 2.26. The molecule has 9 nitrogen and oxygen atoms in total. The molecule has 0 radical (unpaired) electrons. The predicted octanol–water partition coefficient (Wildman–Crippen LogP) is 3.68. The van der Waals surface area contributed by atoms with E-state index in [0.29, 0.717) is 5.56 Å². The smallest absolute Gasteiger partial charge is 0.271 e. The zero-order valence-electron chi connectivity index (χ0n) is 13.4. The van der Waals surface area contributed by atoms with Gasteiger partial charge in [-0.25, -0.2) is 0 Å². The minimum Gasteiger partial charge on any atom is -0.331 e.